The first-order valence-electron chi connectivity index (χ1n) is 21.3. The number of ketones is 1. The van der Waals surface area contributed by atoms with Gasteiger partial charge in [-0.05, 0) is 80.0 Å². The lowest BCUT2D eigenvalue weighted by molar-refractivity contribution is -0.156. The first-order valence-corrected chi connectivity index (χ1v) is 21.3. The van der Waals surface area contributed by atoms with Gasteiger partial charge in [0.15, 0.2) is 0 Å². The van der Waals surface area contributed by atoms with Gasteiger partial charge in [0.25, 0.3) is 5.91 Å². The molecule has 2 aliphatic rings. The molecule has 3 heterocycles. The highest BCUT2D eigenvalue weighted by molar-refractivity contribution is 5.93. The molecule has 0 saturated carbocycles. The number of allylic oxidation sites excluding steroid dienone is 4. The molecular formula is C47H61N5O11. The molecule has 6 N–H and O–H groups in total. The monoisotopic (exact) mass is 871 g/mol. The summed E-state index contributed by atoms with van der Waals surface area (Å²) in [5.41, 5.74) is 4.86. The number of aliphatic hydroxyl groups excluding tert-OH is 2. The Kier molecular flexibility index (Phi) is 19.4. The fourth-order valence-electron chi connectivity index (χ4n) is 7.11. The van der Waals surface area contributed by atoms with Crippen molar-refractivity contribution in [2.75, 3.05) is 6.54 Å². The number of amides is 3. The van der Waals surface area contributed by atoms with Gasteiger partial charge in [0.2, 0.25) is 11.8 Å². The number of phenolic OH excluding ortho intramolecular Hbond substituents is 1. The van der Waals surface area contributed by atoms with Gasteiger partial charge in [-0.15, -0.1) is 0 Å². The Hall–Kier alpha value is -5.97. The average molecular weight is 872 g/mol. The minimum atomic E-state index is -1.43. The van der Waals surface area contributed by atoms with E-state index in [0.717, 1.165) is 5.56 Å². The van der Waals surface area contributed by atoms with Crippen LogP contribution in [-0.4, -0.2) is 104 Å². The zero-order chi connectivity index (χ0) is 46.1. The number of aromatic hydroxyl groups is 1. The number of carbonyl (C=O) groups excluding carboxylic acids is 6. The van der Waals surface area contributed by atoms with Crippen LogP contribution in [0, 0.1) is 17.8 Å². The van der Waals surface area contributed by atoms with Crippen LogP contribution in [0.1, 0.15) is 77.8 Å². The smallest absolute Gasteiger partial charge is 0.331 e. The number of cyclic esters (lactones) is 1. The first kappa shape index (κ1) is 49.7. The number of phenols is 1. The van der Waals surface area contributed by atoms with Crippen molar-refractivity contribution in [1.82, 2.24) is 26.1 Å². The molecule has 1 fully saturated rings. The summed E-state index contributed by atoms with van der Waals surface area (Å²) in [4.78, 5) is 84.7. The van der Waals surface area contributed by atoms with Gasteiger partial charge in [0.1, 0.15) is 42.4 Å². The summed E-state index contributed by atoms with van der Waals surface area (Å²) in [5.74, 6) is -6.06. The van der Waals surface area contributed by atoms with E-state index in [1.807, 2.05) is 0 Å². The molecule has 8 atom stereocenters. The summed E-state index contributed by atoms with van der Waals surface area (Å²) in [6, 6.07) is 6.30. The minimum Gasteiger partial charge on any atom is -0.508 e. The van der Waals surface area contributed by atoms with Crippen LogP contribution in [0.2, 0.25) is 0 Å². The molecular weight excluding hydrogens is 811 g/mol. The predicted molar refractivity (Wildman–Crippen MR) is 233 cm³/mol. The molecule has 0 spiro atoms. The number of Topliss-reactive ketones (excluding diaryl/α,β-unsaturated/α-hetero) is 1. The number of fused-ring (bicyclic) bond motifs is 2. The topological polar surface area (TPSA) is 234 Å². The third-order valence-electron chi connectivity index (χ3n) is 11.0. The quantitative estimate of drug-likeness (QED) is 0.108. The van der Waals surface area contributed by atoms with Gasteiger partial charge in [0, 0.05) is 50.2 Å². The van der Waals surface area contributed by atoms with Crippen LogP contribution >= 0.6 is 0 Å². The highest BCUT2D eigenvalue weighted by atomic mass is 16.5. The van der Waals surface area contributed by atoms with Crippen LogP contribution in [0.4, 0.5) is 0 Å². The van der Waals surface area contributed by atoms with Crippen molar-refractivity contribution in [2.24, 2.45) is 17.8 Å². The van der Waals surface area contributed by atoms with E-state index in [0.29, 0.717) is 24.0 Å². The maximum atomic E-state index is 14.4. The fraction of sp³-hybridized carbons (Fsp3) is 0.468. The van der Waals surface area contributed by atoms with Crippen LogP contribution < -0.4 is 16.1 Å². The number of ether oxygens (including phenoxy) is 2. The molecule has 2 aliphatic heterocycles. The Bertz CT molecular complexity index is 2020. The summed E-state index contributed by atoms with van der Waals surface area (Å²) in [6.07, 6.45) is 11.1. The number of hydrogen-bond acceptors (Lipinski definition) is 13. The van der Waals surface area contributed by atoms with Gasteiger partial charge in [-0.1, -0.05) is 69.4 Å². The molecule has 1 unspecified atom stereocenters. The number of nitrogens with zero attached hydrogens (tertiary/aromatic N) is 2. The van der Waals surface area contributed by atoms with Crippen LogP contribution in [-0.2, 0) is 51.3 Å². The molecule has 0 radical (unpaired) electrons. The fourth-order valence-corrected chi connectivity index (χ4v) is 7.11. The molecule has 1 aromatic heterocycles. The molecule has 2 bridgehead atoms. The van der Waals surface area contributed by atoms with Gasteiger partial charge in [-0.3, -0.25) is 29.2 Å². The number of pyridine rings is 1. The Morgan fingerprint density at radius 1 is 1.02 bits per heavy atom. The van der Waals surface area contributed by atoms with Gasteiger partial charge in [0.05, 0.1) is 18.1 Å². The normalized spacial score (nSPS) is 27.0. The highest BCUT2D eigenvalue weighted by Gasteiger charge is 2.38. The number of hydrogen-bond donors (Lipinski definition) is 6. The molecule has 2 aromatic rings. The van der Waals surface area contributed by atoms with E-state index in [1.165, 1.54) is 42.3 Å². The predicted octanol–water partition coefficient (Wildman–Crippen LogP) is 3.47. The van der Waals surface area contributed by atoms with Crippen molar-refractivity contribution < 1.29 is 53.6 Å². The van der Waals surface area contributed by atoms with E-state index in [9.17, 15) is 44.1 Å². The third kappa shape index (κ3) is 15.7. The molecule has 16 heteroatoms. The van der Waals surface area contributed by atoms with Crippen LogP contribution in [0.15, 0.2) is 96.9 Å². The highest BCUT2D eigenvalue weighted by Crippen LogP contribution is 2.24. The van der Waals surface area contributed by atoms with Crippen molar-refractivity contribution in [3.05, 3.63) is 108 Å². The SMILES string of the molecule is CC(=O)CC[C@H]1C(=O)N[C@@H](C(C)C)C(=O)N[C@@H](Cc2cccc(O)c2)C(=O)N2CCCC(N2)C(=O)O[C@H](/C(C)=C/C=C/C(=O)OCc2ccncc2)C/C=C/C=C/[C@H](O)[C@H](C)[C@H]1O. The lowest BCUT2D eigenvalue weighted by atomic mass is 9.84. The average Bonchev–Trinajstić information content (AvgIpc) is 3.25. The van der Waals surface area contributed by atoms with Gasteiger partial charge in [-0.25, -0.2) is 10.2 Å². The number of benzene rings is 1. The first-order chi connectivity index (χ1) is 30.0. The zero-order valence-electron chi connectivity index (χ0n) is 36.5. The van der Waals surface area contributed by atoms with Crippen LogP contribution in [0.3, 0.4) is 0 Å². The van der Waals surface area contributed by atoms with E-state index in [-0.39, 0.29) is 50.4 Å². The maximum absolute atomic E-state index is 14.4. The number of carbonyl (C=O) groups is 6. The van der Waals surface area contributed by atoms with E-state index < -0.39 is 83.9 Å². The van der Waals surface area contributed by atoms with Crippen molar-refractivity contribution in [3.8, 4) is 5.75 Å². The standard InChI is InChI=1S/C47H61N5O11/c1-29(2)42-45(59)49-38(27-34-13-10-14-35(54)26-34)46(60)52-25-11-15-37(51-52)47(61)63-40(30(3)12-9-18-41(56)62-28-33-21-23-48-24-22-33)17-8-6-7-16-39(55)32(5)43(57)36(44(58)50-42)20-19-31(4)53/h6-10,12-14,16,18,21-24,26,29,32,36-40,42-43,51,54-55,57H,11,15,17,19-20,25,27-28H2,1-5H3,(H,49,59)(H,50,58)/b8-6+,16-7+,18-9+,30-12+/t32-,36+,37?,38-,39-,40-,42-,43+/m0/s1. The second kappa shape index (κ2) is 24.6. The number of esters is 2. The van der Waals surface area contributed by atoms with Crippen molar-refractivity contribution in [1.29, 1.82) is 0 Å². The summed E-state index contributed by atoms with van der Waals surface area (Å²) in [7, 11) is 0. The molecule has 63 heavy (non-hydrogen) atoms. The Morgan fingerprint density at radius 3 is 2.46 bits per heavy atom. The van der Waals surface area contributed by atoms with Crippen molar-refractivity contribution in [2.45, 2.75) is 116 Å². The summed E-state index contributed by atoms with van der Waals surface area (Å²) in [6.45, 7) is 8.31. The Balaban J connectivity index is 1.68. The van der Waals surface area contributed by atoms with Gasteiger partial charge >= 0.3 is 11.9 Å². The Labute approximate surface area is 368 Å². The van der Waals surface area contributed by atoms with Crippen LogP contribution in [0.25, 0.3) is 0 Å². The van der Waals surface area contributed by atoms with Gasteiger partial charge in [-0.2, -0.15) is 0 Å². The minimum absolute atomic E-state index is 0.0365. The Morgan fingerprint density at radius 2 is 1.76 bits per heavy atom. The van der Waals surface area contributed by atoms with E-state index in [4.69, 9.17) is 9.47 Å². The molecule has 340 valence electrons. The van der Waals surface area contributed by atoms with Crippen molar-refractivity contribution >= 4 is 35.4 Å². The number of nitrogens with one attached hydrogen (secondary N) is 3. The number of rotatable bonds is 11. The molecule has 1 saturated heterocycles. The number of hydrazine groups is 1. The molecule has 1 aromatic carbocycles. The largest absolute Gasteiger partial charge is 0.508 e. The zero-order valence-corrected chi connectivity index (χ0v) is 36.5. The maximum Gasteiger partial charge on any atom is 0.331 e. The summed E-state index contributed by atoms with van der Waals surface area (Å²) < 4.78 is 11.3. The van der Waals surface area contributed by atoms with E-state index in [2.05, 4.69) is 21.0 Å². The lowest BCUT2D eigenvalue weighted by Crippen LogP contribution is -2.62. The van der Waals surface area contributed by atoms with E-state index >= 15 is 0 Å². The molecule has 0 aliphatic carbocycles. The second-order valence-electron chi connectivity index (χ2n) is 16.4. The second-order valence-corrected chi connectivity index (χ2v) is 16.4. The number of aromatic nitrogens is 1. The van der Waals surface area contributed by atoms with E-state index in [1.54, 1.807) is 88.7 Å². The molecule has 16 nitrogen and oxygen atoms in total. The third-order valence-corrected chi connectivity index (χ3v) is 11.0. The molecule has 4 rings (SSSR count). The van der Waals surface area contributed by atoms with Gasteiger partial charge < -0.3 is 40.2 Å². The number of aliphatic hydroxyl groups is 2. The lowest BCUT2D eigenvalue weighted by Gasteiger charge is -2.36. The summed E-state index contributed by atoms with van der Waals surface area (Å²) >= 11 is 0. The summed E-state index contributed by atoms with van der Waals surface area (Å²) in [5, 5.41) is 39.6. The van der Waals surface area contributed by atoms with Crippen molar-refractivity contribution in [3.63, 3.8) is 0 Å². The van der Waals surface area contributed by atoms with Crippen LogP contribution in [0.5, 0.6) is 5.75 Å². The molecule has 3 amide bonds.